The number of morpholine rings is 1. The molecule has 0 amide bonds. The third-order valence-corrected chi connectivity index (χ3v) is 4.65. The molecule has 3 aromatic rings. The first-order chi connectivity index (χ1) is 12.2. The summed E-state index contributed by atoms with van der Waals surface area (Å²) in [4.78, 5) is 16.4. The predicted molar refractivity (Wildman–Crippen MR) is 96.8 cm³/mol. The highest BCUT2D eigenvalue weighted by molar-refractivity contribution is 5.95. The molecular formula is C20H20N2O3. The van der Waals surface area contributed by atoms with Crippen molar-refractivity contribution in [1.29, 1.82) is 0 Å². The highest BCUT2D eigenvalue weighted by Gasteiger charge is 2.11. The van der Waals surface area contributed by atoms with Gasteiger partial charge < -0.3 is 14.8 Å². The second kappa shape index (κ2) is 6.70. The van der Waals surface area contributed by atoms with Crippen molar-refractivity contribution in [3.63, 3.8) is 0 Å². The molecule has 0 aliphatic carbocycles. The van der Waals surface area contributed by atoms with Crippen molar-refractivity contribution in [3.8, 4) is 11.1 Å². The Morgan fingerprint density at radius 2 is 1.76 bits per heavy atom. The molecule has 1 aliphatic heterocycles. The lowest BCUT2D eigenvalue weighted by molar-refractivity contribution is 0.0342. The molecule has 0 atom stereocenters. The molecule has 1 fully saturated rings. The molecule has 0 unspecified atom stereocenters. The lowest BCUT2D eigenvalue weighted by Crippen LogP contribution is -2.35. The minimum atomic E-state index is -0.940. The minimum absolute atomic E-state index is 0.216. The fourth-order valence-corrected chi connectivity index (χ4v) is 3.25. The molecule has 5 heteroatoms. The molecule has 2 heterocycles. The second-order valence-corrected chi connectivity index (χ2v) is 6.38. The van der Waals surface area contributed by atoms with Crippen LogP contribution in [0.25, 0.3) is 22.0 Å². The van der Waals surface area contributed by atoms with Gasteiger partial charge in [0.15, 0.2) is 0 Å². The topological polar surface area (TPSA) is 65.6 Å². The van der Waals surface area contributed by atoms with Gasteiger partial charge in [-0.25, -0.2) is 4.79 Å². The second-order valence-electron chi connectivity index (χ2n) is 6.38. The van der Waals surface area contributed by atoms with Crippen LogP contribution in [0.4, 0.5) is 0 Å². The fraction of sp³-hybridized carbons (Fsp3) is 0.250. The molecule has 128 valence electrons. The Bertz CT molecular complexity index is 893. The number of H-pyrrole nitrogens is 1. The largest absolute Gasteiger partial charge is 0.477 e. The van der Waals surface area contributed by atoms with E-state index >= 15 is 0 Å². The standard InChI is InChI=1S/C20H20N2O3/c23-20(24)19-12-17-11-16(5-6-18(17)21-19)15-3-1-14(2-4-15)13-22-7-9-25-10-8-22/h1-6,11-12,21H,7-10,13H2,(H,23,24). The molecule has 2 aromatic carbocycles. The van der Waals surface area contributed by atoms with Crippen molar-refractivity contribution in [3.05, 3.63) is 59.8 Å². The van der Waals surface area contributed by atoms with Crippen molar-refractivity contribution in [2.45, 2.75) is 6.54 Å². The molecule has 0 spiro atoms. The van der Waals surface area contributed by atoms with Gasteiger partial charge >= 0.3 is 5.97 Å². The molecule has 1 saturated heterocycles. The van der Waals surface area contributed by atoms with Crippen LogP contribution in [0.2, 0.25) is 0 Å². The van der Waals surface area contributed by atoms with E-state index in [1.165, 1.54) is 5.56 Å². The zero-order chi connectivity index (χ0) is 17.2. The minimum Gasteiger partial charge on any atom is -0.477 e. The predicted octanol–water partition coefficient (Wildman–Crippen LogP) is 3.37. The van der Waals surface area contributed by atoms with E-state index in [-0.39, 0.29) is 5.69 Å². The fourth-order valence-electron chi connectivity index (χ4n) is 3.25. The maximum Gasteiger partial charge on any atom is 0.352 e. The van der Waals surface area contributed by atoms with E-state index in [2.05, 4.69) is 34.1 Å². The molecule has 0 saturated carbocycles. The summed E-state index contributed by atoms with van der Waals surface area (Å²) in [6.45, 7) is 4.54. The maximum absolute atomic E-state index is 11.1. The number of benzene rings is 2. The lowest BCUT2D eigenvalue weighted by Gasteiger charge is -2.26. The number of aromatic nitrogens is 1. The molecular weight excluding hydrogens is 316 g/mol. The molecule has 2 N–H and O–H groups in total. The summed E-state index contributed by atoms with van der Waals surface area (Å²) in [5, 5.41) is 10.0. The van der Waals surface area contributed by atoms with E-state index in [9.17, 15) is 4.79 Å². The number of nitrogens with zero attached hydrogens (tertiary/aromatic N) is 1. The van der Waals surface area contributed by atoms with Gasteiger partial charge in [-0.05, 0) is 34.9 Å². The first kappa shape index (κ1) is 15.9. The zero-order valence-electron chi connectivity index (χ0n) is 13.9. The van der Waals surface area contributed by atoms with Crippen molar-refractivity contribution >= 4 is 16.9 Å². The Hall–Kier alpha value is -2.63. The van der Waals surface area contributed by atoms with Crippen LogP contribution in [0.3, 0.4) is 0 Å². The molecule has 1 aromatic heterocycles. The summed E-state index contributed by atoms with van der Waals surface area (Å²) in [5.41, 5.74) is 4.56. The first-order valence-corrected chi connectivity index (χ1v) is 8.44. The number of hydrogen-bond acceptors (Lipinski definition) is 3. The van der Waals surface area contributed by atoms with E-state index in [1.807, 2.05) is 18.2 Å². The Morgan fingerprint density at radius 3 is 2.48 bits per heavy atom. The van der Waals surface area contributed by atoms with Crippen molar-refractivity contribution in [2.75, 3.05) is 26.3 Å². The van der Waals surface area contributed by atoms with Gasteiger partial charge in [0, 0.05) is 30.5 Å². The van der Waals surface area contributed by atoms with Crippen molar-refractivity contribution in [1.82, 2.24) is 9.88 Å². The summed E-state index contributed by atoms with van der Waals surface area (Å²) >= 11 is 0. The number of fused-ring (bicyclic) bond motifs is 1. The summed E-state index contributed by atoms with van der Waals surface area (Å²) in [7, 11) is 0. The smallest absolute Gasteiger partial charge is 0.352 e. The number of hydrogen-bond donors (Lipinski definition) is 2. The summed E-state index contributed by atoms with van der Waals surface area (Å²) in [5.74, 6) is -0.940. The number of nitrogens with one attached hydrogen (secondary N) is 1. The number of rotatable bonds is 4. The molecule has 25 heavy (non-hydrogen) atoms. The average Bonchev–Trinajstić information content (AvgIpc) is 3.07. The van der Waals surface area contributed by atoms with Crippen molar-refractivity contribution in [2.24, 2.45) is 0 Å². The van der Waals surface area contributed by atoms with Gasteiger partial charge in [-0.15, -0.1) is 0 Å². The molecule has 1 aliphatic rings. The normalized spacial score (nSPS) is 15.5. The zero-order valence-corrected chi connectivity index (χ0v) is 13.9. The van der Waals surface area contributed by atoms with Gasteiger partial charge in [-0.3, -0.25) is 4.90 Å². The SMILES string of the molecule is O=C(O)c1cc2cc(-c3ccc(CN4CCOCC4)cc3)ccc2[nH]1. The monoisotopic (exact) mass is 336 g/mol. The Balaban J connectivity index is 1.54. The van der Waals surface area contributed by atoms with Crippen LogP contribution in [0.1, 0.15) is 16.1 Å². The van der Waals surface area contributed by atoms with Crippen LogP contribution >= 0.6 is 0 Å². The highest BCUT2D eigenvalue weighted by Crippen LogP contribution is 2.25. The van der Waals surface area contributed by atoms with E-state index in [4.69, 9.17) is 9.84 Å². The molecule has 0 bridgehead atoms. The Morgan fingerprint density at radius 1 is 1.04 bits per heavy atom. The summed E-state index contributed by atoms with van der Waals surface area (Å²) < 4.78 is 5.39. The van der Waals surface area contributed by atoms with E-state index < -0.39 is 5.97 Å². The Labute approximate surface area is 145 Å². The van der Waals surface area contributed by atoms with Crippen LogP contribution in [0, 0.1) is 0 Å². The van der Waals surface area contributed by atoms with Gasteiger partial charge in [-0.2, -0.15) is 0 Å². The highest BCUT2D eigenvalue weighted by atomic mass is 16.5. The van der Waals surface area contributed by atoms with Gasteiger partial charge in [0.1, 0.15) is 5.69 Å². The van der Waals surface area contributed by atoms with Crippen LogP contribution in [0.5, 0.6) is 0 Å². The number of aromatic amines is 1. The van der Waals surface area contributed by atoms with E-state index in [1.54, 1.807) is 6.07 Å². The van der Waals surface area contributed by atoms with Crippen LogP contribution in [0.15, 0.2) is 48.5 Å². The number of ether oxygens (including phenoxy) is 1. The number of carboxylic acids is 1. The first-order valence-electron chi connectivity index (χ1n) is 8.44. The van der Waals surface area contributed by atoms with Gasteiger partial charge in [0.25, 0.3) is 0 Å². The number of carbonyl (C=O) groups is 1. The summed E-state index contributed by atoms with van der Waals surface area (Å²) in [6, 6.07) is 16.2. The third-order valence-electron chi connectivity index (χ3n) is 4.65. The van der Waals surface area contributed by atoms with Crippen LogP contribution in [-0.4, -0.2) is 47.3 Å². The maximum atomic E-state index is 11.1. The van der Waals surface area contributed by atoms with E-state index in [0.717, 1.165) is 54.9 Å². The molecule has 4 rings (SSSR count). The van der Waals surface area contributed by atoms with E-state index in [0.29, 0.717) is 0 Å². The lowest BCUT2D eigenvalue weighted by atomic mass is 10.0. The van der Waals surface area contributed by atoms with Crippen LogP contribution in [-0.2, 0) is 11.3 Å². The number of aromatic carboxylic acids is 1. The third kappa shape index (κ3) is 3.43. The summed E-state index contributed by atoms with van der Waals surface area (Å²) in [6.07, 6.45) is 0. The molecule has 5 nitrogen and oxygen atoms in total. The van der Waals surface area contributed by atoms with Crippen LogP contribution < -0.4 is 0 Å². The molecule has 0 radical (unpaired) electrons. The number of carboxylic acid groups (broad SMARTS) is 1. The quantitative estimate of drug-likeness (QED) is 0.767. The van der Waals surface area contributed by atoms with Gasteiger partial charge in [-0.1, -0.05) is 30.3 Å². The van der Waals surface area contributed by atoms with Gasteiger partial charge in [0.2, 0.25) is 0 Å². The average molecular weight is 336 g/mol. The Kier molecular flexibility index (Phi) is 4.26. The van der Waals surface area contributed by atoms with Gasteiger partial charge in [0.05, 0.1) is 13.2 Å². The van der Waals surface area contributed by atoms with Crippen molar-refractivity contribution < 1.29 is 14.6 Å².